The summed E-state index contributed by atoms with van der Waals surface area (Å²) < 4.78 is 23.4. The van der Waals surface area contributed by atoms with Crippen molar-refractivity contribution in [1.29, 1.82) is 0 Å². The molecule has 2 aromatic rings. The molecule has 0 radical (unpaired) electrons. The minimum atomic E-state index is -0.996. The maximum absolute atomic E-state index is 13.5. The molecule has 0 saturated heterocycles. The zero-order valence-corrected chi connectivity index (χ0v) is 12.4. The maximum atomic E-state index is 13.5. The van der Waals surface area contributed by atoms with Crippen LogP contribution in [-0.2, 0) is 9.53 Å². The minimum absolute atomic E-state index is 0.0747. The molecular formula is C15H13ClFNO4. The first-order valence-corrected chi connectivity index (χ1v) is 6.80. The number of amides is 1. The molecule has 1 aromatic heterocycles. The molecule has 1 aromatic carbocycles. The number of esters is 1. The quantitative estimate of drug-likeness (QED) is 0.858. The standard InChI is InChI=1S/C15H13ClFNO4/c1-9(12-6-3-7-21-12)18-13(19)8-22-15(20)14-10(16)4-2-5-11(14)17/h2-7,9H,8H2,1H3,(H,18,19)/t9-/m1/s1. The summed E-state index contributed by atoms with van der Waals surface area (Å²) in [5, 5.41) is 2.51. The van der Waals surface area contributed by atoms with Crippen LogP contribution >= 0.6 is 11.6 Å². The first-order chi connectivity index (χ1) is 10.5. The molecule has 0 unspecified atom stereocenters. The second kappa shape index (κ2) is 7.09. The van der Waals surface area contributed by atoms with Crippen molar-refractivity contribution in [2.45, 2.75) is 13.0 Å². The lowest BCUT2D eigenvalue weighted by atomic mass is 10.2. The Hall–Kier alpha value is -2.34. The van der Waals surface area contributed by atoms with Crippen LogP contribution in [0.4, 0.5) is 4.39 Å². The van der Waals surface area contributed by atoms with E-state index in [2.05, 4.69) is 5.32 Å². The second-order valence-electron chi connectivity index (χ2n) is 4.48. The van der Waals surface area contributed by atoms with Crippen LogP contribution in [0.3, 0.4) is 0 Å². The number of carbonyl (C=O) groups is 2. The summed E-state index contributed by atoms with van der Waals surface area (Å²) in [5.41, 5.74) is -0.393. The number of carbonyl (C=O) groups excluding carboxylic acids is 2. The van der Waals surface area contributed by atoms with Crippen LogP contribution in [0.5, 0.6) is 0 Å². The van der Waals surface area contributed by atoms with Gasteiger partial charge in [0.2, 0.25) is 0 Å². The number of rotatable bonds is 5. The molecule has 22 heavy (non-hydrogen) atoms. The third-order valence-corrected chi connectivity index (χ3v) is 3.16. The fourth-order valence-corrected chi connectivity index (χ4v) is 2.03. The van der Waals surface area contributed by atoms with Gasteiger partial charge in [-0.1, -0.05) is 17.7 Å². The van der Waals surface area contributed by atoms with Gasteiger partial charge in [-0.15, -0.1) is 0 Å². The van der Waals surface area contributed by atoms with E-state index in [0.29, 0.717) is 5.76 Å². The number of halogens is 2. The molecule has 2 rings (SSSR count). The van der Waals surface area contributed by atoms with Crippen molar-refractivity contribution >= 4 is 23.5 Å². The van der Waals surface area contributed by atoms with E-state index >= 15 is 0 Å². The van der Waals surface area contributed by atoms with Crippen molar-refractivity contribution < 1.29 is 23.1 Å². The Morgan fingerprint density at radius 1 is 1.36 bits per heavy atom. The number of hydrogen-bond acceptors (Lipinski definition) is 4. The fourth-order valence-electron chi connectivity index (χ4n) is 1.79. The molecule has 0 aliphatic rings. The van der Waals surface area contributed by atoms with E-state index in [1.165, 1.54) is 18.4 Å². The Morgan fingerprint density at radius 2 is 2.14 bits per heavy atom. The molecule has 0 fully saturated rings. The van der Waals surface area contributed by atoms with Gasteiger partial charge in [0, 0.05) is 0 Å². The second-order valence-corrected chi connectivity index (χ2v) is 4.88. The van der Waals surface area contributed by atoms with E-state index in [0.717, 1.165) is 6.07 Å². The van der Waals surface area contributed by atoms with Gasteiger partial charge in [-0.3, -0.25) is 4.79 Å². The summed E-state index contributed by atoms with van der Waals surface area (Å²) in [6.45, 7) is 1.17. The predicted molar refractivity (Wildman–Crippen MR) is 77.0 cm³/mol. The van der Waals surface area contributed by atoms with Crippen LogP contribution in [0.2, 0.25) is 5.02 Å². The van der Waals surface area contributed by atoms with Crippen molar-refractivity contribution in [2.24, 2.45) is 0 Å². The summed E-state index contributed by atoms with van der Waals surface area (Å²) in [5.74, 6) is -1.77. The van der Waals surface area contributed by atoms with Crippen LogP contribution in [0.25, 0.3) is 0 Å². The molecule has 1 N–H and O–H groups in total. The zero-order valence-electron chi connectivity index (χ0n) is 11.6. The molecule has 0 saturated carbocycles. The van der Waals surface area contributed by atoms with Crippen LogP contribution in [0, 0.1) is 5.82 Å². The van der Waals surface area contributed by atoms with Gasteiger partial charge in [0.15, 0.2) is 6.61 Å². The summed E-state index contributed by atoms with van der Waals surface area (Å²) >= 11 is 5.74. The topological polar surface area (TPSA) is 68.5 Å². The smallest absolute Gasteiger partial charge is 0.343 e. The number of furan rings is 1. The summed E-state index contributed by atoms with van der Waals surface area (Å²) in [7, 11) is 0. The lowest BCUT2D eigenvalue weighted by Crippen LogP contribution is -2.31. The van der Waals surface area contributed by atoms with E-state index in [1.54, 1.807) is 19.1 Å². The highest BCUT2D eigenvalue weighted by molar-refractivity contribution is 6.33. The summed E-state index contributed by atoms with van der Waals surface area (Å²) in [4.78, 5) is 23.5. The number of ether oxygens (including phenoxy) is 1. The van der Waals surface area contributed by atoms with Crippen LogP contribution in [0.1, 0.15) is 29.1 Å². The fraction of sp³-hybridized carbons (Fsp3) is 0.200. The molecule has 1 amide bonds. The Bertz CT molecular complexity index is 652. The first-order valence-electron chi connectivity index (χ1n) is 6.43. The number of benzene rings is 1. The van der Waals surface area contributed by atoms with E-state index in [9.17, 15) is 14.0 Å². The zero-order chi connectivity index (χ0) is 16.1. The summed E-state index contributed by atoms with van der Waals surface area (Å²) in [6.07, 6.45) is 1.48. The van der Waals surface area contributed by atoms with Gasteiger partial charge < -0.3 is 14.5 Å². The van der Waals surface area contributed by atoms with Crippen molar-refractivity contribution in [3.05, 3.63) is 58.8 Å². The normalized spacial score (nSPS) is 11.8. The first kappa shape index (κ1) is 16.0. The average Bonchev–Trinajstić information content (AvgIpc) is 2.99. The molecule has 5 nitrogen and oxygen atoms in total. The summed E-state index contributed by atoms with van der Waals surface area (Å²) in [6, 6.07) is 6.83. The molecule has 7 heteroatoms. The third kappa shape index (κ3) is 3.85. The molecular weight excluding hydrogens is 313 g/mol. The lowest BCUT2D eigenvalue weighted by molar-refractivity contribution is -0.125. The molecule has 1 heterocycles. The number of hydrogen-bond donors (Lipinski definition) is 1. The average molecular weight is 326 g/mol. The van der Waals surface area contributed by atoms with Crippen LogP contribution in [0.15, 0.2) is 41.0 Å². The van der Waals surface area contributed by atoms with Crippen LogP contribution in [-0.4, -0.2) is 18.5 Å². The van der Waals surface area contributed by atoms with Gasteiger partial charge in [0.05, 0.1) is 17.3 Å². The van der Waals surface area contributed by atoms with Gasteiger partial charge in [-0.25, -0.2) is 9.18 Å². The predicted octanol–water partition coefficient (Wildman–Crippen LogP) is 3.11. The van der Waals surface area contributed by atoms with E-state index in [-0.39, 0.29) is 11.1 Å². The van der Waals surface area contributed by atoms with Crippen molar-refractivity contribution in [3.63, 3.8) is 0 Å². The Labute approximate surface area is 131 Å². The monoisotopic (exact) mass is 325 g/mol. The van der Waals surface area contributed by atoms with Crippen molar-refractivity contribution in [3.8, 4) is 0 Å². The van der Waals surface area contributed by atoms with Crippen LogP contribution < -0.4 is 5.32 Å². The third-order valence-electron chi connectivity index (χ3n) is 2.85. The minimum Gasteiger partial charge on any atom is -0.467 e. The van der Waals surface area contributed by atoms with Gasteiger partial charge in [-0.05, 0) is 31.2 Å². The van der Waals surface area contributed by atoms with E-state index in [1.807, 2.05) is 0 Å². The van der Waals surface area contributed by atoms with Gasteiger partial charge in [-0.2, -0.15) is 0 Å². The van der Waals surface area contributed by atoms with E-state index < -0.39 is 29.9 Å². The largest absolute Gasteiger partial charge is 0.467 e. The Balaban J connectivity index is 1.90. The van der Waals surface area contributed by atoms with Crippen molar-refractivity contribution in [2.75, 3.05) is 6.61 Å². The van der Waals surface area contributed by atoms with Gasteiger partial charge in [0.25, 0.3) is 5.91 Å². The molecule has 0 bridgehead atoms. The Morgan fingerprint density at radius 3 is 2.77 bits per heavy atom. The highest BCUT2D eigenvalue weighted by Crippen LogP contribution is 2.19. The Kier molecular flexibility index (Phi) is 5.16. The highest BCUT2D eigenvalue weighted by atomic mass is 35.5. The SMILES string of the molecule is C[C@@H](NC(=O)COC(=O)c1c(F)cccc1Cl)c1ccco1. The molecule has 116 valence electrons. The molecule has 0 aliphatic heterocycles. The van der Waals surface area contributed by atoms with Crippen molar-refractivity contribution in [1.82, 2.24) is 5.32 Å². The molecule has 1 atom stereocenters. The lowest BCUT2D eigenvalue weighted by Gasteiger charge is -2.12. The maximum Gasteiger partial charge on any atom is 0.343 e. The molecule has 0 spiro atoms. The number of nitrogens with one attached hydrogen (secondary N) is 1. The highest BCUT2D eigenvalue weighted by Gasteiger charge is 2.19. The molecule has 0 aliphatic carbocycles. The van der Waals surface area contributed by atoms with Gasteiger partial charge >= 0.3 is 5.97 Å². The van der Waals surface area contributed by atoms with Gasteiger partial charge in [0.1, 0.15) is 17.1 Å². The van der Waals surface area contributed by atoms with E-state index in [4.69, 9.17) is 20.8 Å².